The van der Waals surface area contributed by atoms with E-state index in [1.807, 2.05) is 47.9 Å². The molecule has 4 aromatic rings. The van der Waals surface area contributed by atoms with Crippen LogP contribution in [-0.2, 0) is 11.3 Å². The second kappa shape index (κ2) is 11.1. The quantitative estimate of drug-likeness (QED) is 0.201. The Kier molecular flexibility index (Phi) is 7.92. The summed E-state index contributed by atoms with van der Waals surface area (Å²) in [5.41, 5.74) is 4.49. The van der Waals surface area contributed by atoms with Crippen molar-refractivity contribution in [3.63, 3.8) is 0 Å². The minimum absolute atomic E-state index is 0.138. The summed E-state index contributed by atoms with van der Waals surface area (Å²) in [4.78, 5) is 12.3. The first-order valence-electron chi connectivity index (χ1n) is 11.4. The third kappa shape index (κ3) is 6.54. The monoisotopic (exact) mass is 573 g/mol. The van der Waals surface area contributed by atoms with Gasteiger partial charge in [0.2, 0.25) is 0 Å². The van der Waals surface area contributed by atoms with Gasteiger partial charge in [0, 0.05) is 21.4 Å². The Hall–Kier alpha value is -3.72. The average molecular weight is 574 g/mol. The van der Waals surface area contributed by atoms with Gasteiger partial charge in [-0.3, -0.25) is 0 Å². The molecule has 0 saturated heterocycles. The molecule has 1 aromatic heterocycles. The van der Waals surface area contributed by atoms with E-state index in [9.17, 15) is 18.0 Å². The van der Waals surface area contributed by atoms with E-state index in [0.29, 0.717) is 16.9 Å². The SMILES string of the molecule is CCOC(=O)c1cccc(-n2c(C)ccc2-c2cc(Br)ccc2OCc2ccc(OC(F)(F)F)cc2)c1. The number of halogens is 4. The molecule has 4 rings (SSSR count). The van der Waals surface area contributed by atoms with E-state index in [2.05, 4.69) is 20.7 Å². The van der Waals surface area contributed by atoms with Gasteiger partial charge in [0.05, 0.1) is 17.9 Å². The van der Waals surface area contributed by atoms with Crippen molar-refractivity contribution in [3.05, 3.63) is 100 Å². The number of aromatic nitrogens is 1. The lowest BCUT2D eigenvalue weighted by molar-refractivity contribution is -0.274. The van der Waals surface area contributed by atoms with E-state index in [1.54, 1.807) is 25.1 Å². The highest BCUT2D eigenvalue weighted by molar-refractivity contribution is 9.10. The van der Waals surface area contributed by atoms with Crippen molar-refractivity contribution in [2.24, 2.45) is 0 Å². The molecule has 0 saturated carbocycles. The van der Waals surface area contributed by atoms with Crippen LogP contribution in [0.5, 0.6) is 11.5 Å². The highest BCUT2D eigenvalue weighted by Crippen LogP contribution is 2.36. The Morgan fingerprint density at radius 3 is 2.43 bits per heavy atom. The van der Waals surface area contributed by atoms with Crippen LogP contribution in [0.25, 0.3) is 16.9 Å². The maximum absolute atomic E-state index is 12.4. The van der Waals surface area contributed by atoms with Gasteiger partial charge in [0.25, 0.3) is 0 Å². The van der Waals surface area contributed by atoms with Crippen LogP contribution in [0, 0.1) is 6.92 Å². The summed E-state index contributed by atoms with van der Waals surface area (Å²) in [7, 11) is 0. The van der Waals surface area contributed by atoms with Crippen molar-refractivity contribution in [1.29, 1.82) is 0 Å². The number of hydrogen-bond acceptors (Lipinski definition) is 4. The van der Waals surface area contributed by atoms with Gasteiger partial charge < -0.3 is 18.8 Å². The van der Waals surface area contributed by atoms with Gasteiger partial charge >= 0.3 is 12.3 Å². The molecule has 9 heteroatoms. The fourth-order valence-corrected chi connectivity index (χ4v) is 4.22. The number of esters is 1. The molecule has 0 aliphatic carbocycles. The molecular weight excluding hydrogens is 551 g/mol. The first kappa shape index (κ1) is 26.3. The zero-order valence-electron chi connectivity index (χ0n) is 20.0. The van der Waals surface area contributed by atoms with Crippen LogP contribution in [0.2, 0.25) is 0 Å². The number of benzene rings is 3. The van der Waals surface area contributed by atoms with Gasteiger partial charge in [0.15, 0.2) is 0 Å². The molecule has 0 unspecified atom stereocenters. The summed E-state index contributed by atoms with van der Waals surface area (Å²) in [5, 5.41) is 0. The second-order valence-corrected chi connectivity index (χ2v) is 9.00. The van der Waals surface area contributed by atoms with Gasteiger partial charge in [-0.05, 0) is 80.1 Å². The van der Waals surface area contributed by atoms with Crippen molar-refractivity contribution in [1.82, 2.24) is 4.57 Å². The standard InChI is InChI=1S/C28H23BrF3NO4/c1-3-35-27(34)20-5-4-6-22(15-20)33-18(2)7-13-25(33)24-16-21(29)10-14-26(24)36-17-19-8-11-23(12-9-19)37-28(30,31)32/h4-16H,3,17H2,1-2H3. The number of rotatable bonds is 8. The molecule has 0 bridgehead atoms. The van der Waals surface area contributed by atoms with E-state index in [-0.39, 0.29) is 19.0 Å². The van der Waals surface area contributed by atoms with Crippen LogP contribution in [0.1, 0.15) is 28.5 Å². The number of hydrogen-bond donors (Lipinski definition) is 0. The molecule has 0 aliphatic heterocycles. The van der Waals surface area contributed by atoms with Crippen LogP contribution in [-0.4, -0.2) is 23.5 Å². The number of ether oxygens (including phenoxy) is 3. The molecular formula is C28H23BrF3NO4. The Labute approximate surface area is 220 Å². The fourth-order valence-electron chi connectivity index (χ4n) is 3.85. The summed E-state index contributed by atoms with van der Waals surface area (Å²) >= 11 is 3.53. The van der Waals surface area contributed by atoms with Crippen LogP contribution in [0.15, 0.2) is 83.3 Å². The van der Waals surface area contributed by atoms with Crippen molar-refractivity contribution in [2.75, 3.05) is 6.61 Å². The number of carbonyl (C=O) groups is 1. The zero-order valence-corrected chi connectivity index (χ0v) is 21.6. The summed E-state index contributed by atoms with van der Waals surface area (Å²) in [5.74, 6) is -0.104. The molecule has 0 aliphatic rings. The molecule has 0 N–H and O–H groups in total. The Morgan fingerprint density at radius 1 is 0.973 bits per heavy atom. The van der Waals surface area contributed by atoms with Crippen LogP contribution in [0.4, 0.5) is 13.2 Å². The van der Waals surface area contributed by atoms with Crippen molar-refractivity contribution < 1.29 is 32.2 Å². The lowest BCUT2D eigenvalue weighted by Crippen LogP contribution is -2.17. The Morgan fingerprint density at radius 2 is 1.73 bits per heavy atom. The van der Waals surface area contributed by atoms with Gasteiger partial charge in [0.1, 0.15) is 18.1 Å². The second-order valence-electron chi connectivity index (χ2n) is 8.09. The molecule has 0 atom stereocenters. The van der Waals surface area contributed by atoms with E-state index in [0.717, 1.165) is 27.1 Å². The molecule has 3 aromatic carbocycles. The number of alkyl halides is 3. The lowest BCUT2D eigenvalue weighted by atomic mass is 10.1. The topological polar surface area (TPSA) is 49.7 Å². The highest BCUT2D eigenvalue weighted by Gasteiger charge is 2.31. The fraction of sp³-hybridized carbons (Fsp3) is 0.179. The predicted molar refractivity (Wildman–Crippen MR) is 137 cm³/mol. The third-order valence-electron chi connectivity index (χ3n) is 5.46. The smallest absolute Gasteiger partial charge is 0.488 e. The molecule has 0 fully saturated rings. The highest BCUT2D eigenvalue weighted by atomic mass is 79.9. The van der Waals surface area contributed by atoms with E-state index < -0.39 is 12.3 Å². The average Bonchev–Trinajstić information content (AvgIpc) is 3.24. The molecule has 5 nitrogen and oxygen atoms in total. The normalized spacial score (nSPS) is 11.3. The summed E-state index contributed by atoms with van der Waals surface area (Å²) < 4.78 is 55.3. The molecule has 0 spiro atoms. The lowest BCUT2D eigenvalue weighted by Gasteiger charge is -2.17. The minimum atomic E-state index is -4.74. The Balaban J connectivity index is 1.64. The first-order chi connectivity index (χ1) is 17.6. The summed E-state index contributed by atoms with van der Waals surface area (Å²) in [6, 6.07) is 22.3. The maximum Gasteiger partial charge on any atom is 0.573 e. The number of aryl methyl sites for hydroxylation is 1. The maximum atomic E-state index is 12.4. The third-order valence-corrected chi connectivity index (χ3v) is 5.95. The predicted octanol–water partition coefficient (Wildman–Crippen LogP) is 7.87. The van der Waals surface area contributed by atoms with E-state index in [1.165, 1.54) is 24.3 Å². The first-order valence-corrected chi connectivity index (χ1v) is 12.2. The van der Waals surface area contributed by atoms with Crippen molar-refractivity contribution in [3.8, 4) is 28.4 Å². The van der Waals surface area contributed by atoms with Crippen molar-refractivity contribution in [2.45, 2.75) is 26.8 Å². The molecule has 192 valence electrons. The van der Waals surface area contributed by atoms with E-state index >= 15 is 0 Å². The van der Waals surface area contributed by atoms with Gasteiger partial charge in [-0.25, -0.2) is 4.79 Å². The molecule has 0 radical (unpaired) electrons. The summed E-state index contributed by atoms with van der Waals surface area (Å²) in [6.45, 7) is 4.14. The molecule has 37 heavy (non-hydrogen) atoms. The molecule has 1 heterocycles. The van der Waals surface area contributed by atoms with Crippen LogP contribution in [0.3, 0.4) is 0 Å². The van der Waals surface area contributed by atoms with Gasteiger partial charge in [-0.15, -0.1) is 13.2 Å². The van der Waals surface area contributed by atoms with Crippen LogP contribution < -0.4 is 9.47 Å². The zero-order chi connectivity index (χ0) is 26.6. The number of carbonyl (C=O) groups excluding carboxylic acids is 1. The summed E-state index contributed by atoms with van der Waals surface area (Å²) in [6.07, 6.45) is -4.74. The van der Waals surface area contributed by atoms with Crippen molar-refractivity contribution >= 4 is 21.9 Å². The molecule has 0 amide bonds. The largest absolute Gasteiger partial charge is 0.573 e. The minimum Gasteiger partial charge on any atom is -0.488 e. The number of nitrogens with zero attached hydrogens (tertiary/aromatic N) is 1. The Bertz CT molecular complexity index is 1400. The van der Waals surface area contributed by atoms with Gasteiger partial charge in [-0.2, -0.15) is 0 Å². The van der Waals surface area contributed by atoms with Crippen LogP contribution >= 0.6 is 15.9 Å². The van der Waals surface area contributed by atoms with Gasteiger partial charge in [-0.1, -0.05) is 34.1 Å². The van der Waals surface area contributed by atoms with E-state index in [4.69, 9.17) is 9.47 Å².